The van der Waals surface area contributed by atoms with E-state index < -0.39 is 0 Å². The van der Waals surface area contributed by atoms with E-state index in [0.29, 0.717) is 5.92 Å². The predicted molar refractivity (Wildman–Crippen MR) is 96.7 cm³/mol. The lowest BCUT2D eigenvalue weighted by Gasteiger charge is -2.36. The van der Waals surface area contributed by atoms with Gasteiger partial charge in [0, 0.05) is 10.3 Å². The fourth-order valence-electron chi connectivity index (χ4n) is 3.40. The van der Waals surface area contributed by atoms with E-state index in [-0.39, 0.29) is 11.3 Å². The molecule has 1 amide bonds. The van der Waals surface area contributed by atoms with Crippen molar-refractivity contribution in [1.82, 2.24) is 0 Å². The van der Waals surface area contributed by atoms with E-state index in [1.807, 2.05) is 25.1 Å². The molecule has 1 fully saturated rings. The van der Waals surface area contributed by atoms with E-state index >= 15 is 0 Å². The molecule has 122 valence electrons. The first-order valence-corrected chi connectivity index (χ1v) is 8.99. The normalized spacial score (nSPS) is 17.5. The van der Waals surface area contributed by atoms with Crippen LogP contribution in [-0.4, -0.2) is 5.91 Å². The van der Waals surface area contributed by atoms with Crippen LogP contribution in [-0.2, 0) is 4.79 Å². The SMILES string of the molecule is Cc1cccc(NC(=O)C2(CCC(C)C)CCCCC2)c1S. The number of amides is 1. The molecule has 1 aliphatic carbocycles. The van der Waals surface area contributed by atoms with Crippen molar-refractivity contribution >= 4 is 24.2 Å². The first kappa shape index (κ1) is 17.4. The molecule has 0 spiro atoms. The van der Waals surface area contributed by atoms with Crippen molar-refractivity contribution in [2.75, 3.05) is 5.32 Å². The minimum Gasteiger partial charge on any atom is -0.325 e. The summed E-state index contributed by atoms with van der Waals surface area (Å²) in [5, 5.41) is 3.17. The summed E-state index contributed by atoms with van der Waals surface area (Å²) in [5.74, 6) is 0.847. The van der Waals surface area contributed by atoms with Gasteiger partial charge in [-0.1, -0.05) is 45.2 Å². The highest BCUT2D eigenvalue weighted by Gasteiger charge is 2.39. The number of benzene rings is 1. The average molecular weight is 320 g/mol. The molecule has 1 saturated carbocycles. The standard InChI is InChI=1S/C19H29NOS/c1-14(2)10-13-19(11-5-4-6-12-19)18(21)20-16-9-7-8-15(3)17(16)22/h7-9,14,22H,4-6,10-13H2,1-3H3,(H,20,21). The maximum Gasteiger partial charge on any atom is 0.230 e. The number of aryl methyl sites for hydroxylation is 1. The summed E-state index contributed by atoms with van der Waals surface area (Å²) in [6.07, 6.45) is 7.79. The molecule has 2 rings (SSSR count). The summed E-state index contributed by atoms with van der Waals surface area (Å²) < 4.78 is 0. The first-order valence-electron chi connectivity index (χ1n) is 8.55. The number of carbonyl (C=O) groups is 1. The quantitative estimate of drug-likeness (QED) is 0.679. The Labute approximate surface area is 140 Å². The monoisotopic (exact) mass is 319 g/mol. The van der Waals surface area contributed by atoms with Crippen LogP contribution >= 0.6 is 12.6 Å². The van der Waals surface area contributed by atoms with Crippen LogP contribution < -0.4 is 5.32 Å². The van der Waals surface area contributed by atoms with E-state index in [1.165, 1.54) is 19.3 Å². The average Bonchev–Trinajstić information content (AvgIpc) is 2.50. The highest BCUT2D eigenvalue weighted by atomic mass is 32.1. The van der Waals surface area contributed by atoms with Crippen LogP contribution in [0.4, 0.5) is 5.69 Å². The topological polar surface area (TPSA) is 29.1 Å². The Morgan fingerprint density at radius 1 is 1.27 bits per heavy atom. The molecule has 0 bridgehead atoms. The van der Waals surface area contributed by atoms with Crippen LogP contribution in [0.3, 0.4) is 0 Å². The van der Waals surface area contributed by atoms with Crippen molar-refractivity contribution in [3.8, 4) is 0 Å². The van der Waals surface area contributed by atoms with Gasteiger partial charge in [0.2, 0.25) is 5.91 Å². The molecule has 0 aromatic heterocycles. The minimum atomic E-state index is -0.174. The molecular formula is C19H29NOS. The fourth-order valence-corrected chi connectivity index (χ4v) is 3.60. The summed E-state index contributed by atoms with van der Waals surface area (Å²) in [6, 6.07) is 5.95. The lowest BCUT2D eigenvalue weighted by Crippen LogP contribution is -2.38. The van der Waals surface area contributed by atoms with Crippen LogP contribution in [0, 0.1) is 18.3 Å². The summed E-state index contributed by atoms with van der Waals surface area (Å²) in [4.78, 5) is 13.9. The van der Waals surface area contributed by atoms with Gasteiger partial charge in [0.25, 0.3) is 0 Å². The van der Waals surface area contributed by atoms with E-state index in [0.717, 1.165) is 41.8 Å². The molecule has 1 N–H and O–H groups in total. The van der Waals surface area contributed by atoms with Crippen molar-refractivity contribution < 1.29 is 4.79 Å². The number of nitrogens with one attached hydrogen (secondary N) is 1. The van der Waals surface area contributed by atoms with Gasteiger partial charge in [0.1, 0.15) is 0 Å². The number of thiol groups is 1. The van der Waals surface area contributed by atoms with E-state index in [2.05, 4.69) is 31.8 Å². The summed E-state index contributed by atoms with van der Waals surface area (Å²) >= 11 is 4.55. The van der Waals surface area contributed by atoms with E-state index in [4.69, 9.17) is 0 Å². The zero-order chi connectivity index (χ0) is 16.2. The molecule has 1 aromatic carbocycles. The van der Waals surface area contributed by atoms with E-state index in [1.54, 1.807) is 0 Å². The van der Waals surface area contributed by atoms with Crippen LogP contribution in [0.25, 0.3) is 0 Å². The summed E-state index contributed by atoms with van der Waals surface area (Å²) in [7, 11) is 0. The molecule has 0 saturated heterocycles. The largest absolute Gasteiger partial charge is 0.325 e. The lowest BCUT2D eigenvalue weighted by molar-refractivity contribution is -0.128. The molecule has 0 unspecified atom stereocenters. The van der Waals surface area contributed by atoms with Crippen LogP contribution in [0.15, 0.2) is 23.1 Å². The Hall–Kier alpha value is -0.960. The Kier molecular flexibility index (Phi) is 5.96. The number of hydrogen-bond donors (Lipinski definition) is 2. The molecule has 0 heterocycles. The zero-order valence-electron chi connectivity index (χ0n) is 14.1. The number of anilines is 1. The van der Waals surface area contributed by atoms with Crippen LogP contribution in [0.2, 0.25) is 0 Å². The minimum absolute atomic E-state index is 0.174. The molecular weight excluding hydrogens is 290 g/mol. The van der Waals surface area contributed by atoms with Crippen LogP contribution in [0.5, 0.6) is 0 Å². The Bertz CT molecular complexity index is 518. The van der Waals surface area contributed by atoms with Gasteiger partial charge in [0.15, 0.2) is 0 Å². The first-order chi connectivity index (χ1) is 10.4. The molecule has 0 aliphatic heterocycles. The van der Waals surface area contributed by atoms with Crippen LogP contribution in [0.1, 0.15) is 64.4 Å². The third-order valence-corrected chi connectivity index (χ3v) is 5.57. The third kappa shape index (κ3) is 4.07. The Morgan fingerprint density at radius 3 is 2.59 bits per heavy atom. The van der Waals surface area contributed by atoms with Gasteiger partial charge in [-0.3, -0.25) is 4.79 Å². The zero-order valence-corrected chi connectivity index (χ0v) is 15.0. The second-order valence-electron chi connectivity index (χ2n) is 7.20. The predicted octanol–water partition coefficient (Wildman–Crippen LogP) is 5.61. The summed E-state index contributed by atoms with van der Waals surface area (Å²) in [6.45, 7) is 6.49. The maximum absolute atomic E-state index is 13.0. The van der Waals surface area contributed by atoms with Crippen molar-refractivity contribution in [1.29, 1.82) is 0 Å². The molecule has 2 nitrogen and oxygen atoms in total. The molecule has 1 aromatic rings. The highest BCUT2D eigenvalue weighted by Crippen LogP contribution is 2.42. The molecule has 1 aliphatic rings. The Morgan fingerprint density at radius 2 is 1.95 bits per heavy atom. The molecule has 22 heavy (non-hydrogen) atoms. The number of hydrogen-bond acceptors (Lipinski definition) is 2. The maximum atomic E-state index is 13.0. The van der Waals surface area contributed by atoms with Crippen molar-refractivity contribution in [2.45, 2.75) is 70.6 Å². The van der Waals surface area contributed by atoms with Gasteiger partial charge >= 0.3 is 0 Å². The molecule has 0 radical (unpaired) electrons. The second-order valence-corrected chi connectivity index (χ2v) is 7.65. The molecule has 3 heteroatoms. The summed E-state index contributed by atoms with van der Waals surface area (Å²) in [5.41, 5.74) is 1.77. The number of rotatable bonds is 5. The third-order valence-electron chi connectivity index (χ3n) is 4.98. The Balaban J connectivity index is 2.16. The second kappa shape index (κ2) is 7.54. The van der Waals surface area contributed by atoms with Gasteiger partial charge in [-0.2, -0.15) is 0 Å². The van der Waals surface area contributed by atoms with Crippen molar-refractivity contribution in [2.24, 2.45) is 11.3 Å². The smallest absolute Gasteiger partial charge is 0.230 e. The van der Waals surface area contributed by atoms with Gasteiger partial charge in [0.05, 0.1) is 5.69 Å². The highest BCUT2D eigenvalue weighted by molar-refractivity contribution is 7.80. The fraction of sp³-hybridized carbons (Fsp3) is 0.632. The van der Waals surface area contributed by atoms with Gasteiger partial charge < -0.3 is 5.32 Å². The lowest BCUT2D eigenvalue weighted by atomic mass is 9.69. The van der Waals surface area contributed by atoms with Crippen molar-refractivity contribution in [3.63, 3.8) is 0 Å². The van der Waals surface area contributed by atoms with E-state index in [9.17, 15) is 4.79 Å². The number of carbonyl (C=O) groups excluding carboxylic acids is 1. The van der Waals surface area contributed by atoms with Crippen molar-refractivity contribution in [3.05, 3.63) is 23.8 Å². The molecule has 0 atom stereocenters. The van der Waals surface area contributed by atoms with Gasteiger partial charge in [-0.05, 0) is 50.2 Å². The van der Waals surface area contributed by atoms with Gasteiger partial charge in [-0.15, -0.1) is 12.6 Å². The van der Waals surface area contributed by atoms with Gasteiger partial charge in [-0.25, -0.2) is 0 Å².